The second-order valence-electron chi connectivity index (χ2n) is 7.07. The standard InChI is InChI=1S/C15H28N2O4/c1-10(2)8-16-12-6-7-17(9-11(12)13(18)19)14(20)21-15(3,4)5/h10-12,16H,6-9H2,1-5H3,(H,18,19). The summed E-state index contributed by atoms with van der Waals surface area (Å²) < 4.78 is 5.31. The Bertz CT molecular complexity index is 376. The van der Waals surface area contributed by atoms with E-state index in [0.29, 0.717) is 18.9 Å². The molecule has 1 amide bonds. The van der Waals surface area contributed by atoms with Crippen molar-refractivity contribution in [1.82, 2.24) is 10.2 Å². The second kappa shape index (κ2) is 7.11. The Morgan fingerprint density at radius 2 is 2.00 bits per heavy atom. The fourth-order valence-electron chi connectivity index (χ4n) is 2.33. The number of carbonyl (C=O) groups is 2. The summed E-state index contributed by atoms with van der Waals surface area (Å²) in [6, 6.07) is -0.0939. The molecule has 1 aliphatic heterocycles. The quantitative estimate of drug-likeness (QED) is 0.829. The molecule has 0 spiro atoms. The van der Waals surface area contributed by atoms with Crippen LogP contribution in [0.15, 0.2) is 0 Å². The van der Waals surface area contributed by atoms with Crippen LogP contribution in [-0.4, -0.2) is 53.3 Å². The first-order valence-electron chi connectivity index (χ1n) is 7.54. The van der Waals surface area contributed by atoms with Crippen molar-refractivity contribution in [2.24, 2.45) is 11.8 Å². The number of carbonyl (C=O) groups excluding carboxylic acids is 1. The summed E-state index contributed by atoms with van der Waals surface area (Å²) >= 11 is 0. The minimum absolute atomic E-state index is 0.0939. The summed E-state index contributed by atoms with van der Waals surface area (Å²) in [5, 5.41) is 12.7. The van der Waals surface area contributed by atoms with Crippen molar-refractivity contribution in [3.05, 3.63) is 0 Å². The van der Waals surface area contributed by atoms with E-state index in [0.717, 1.165) is 6.54 Å². The highest BCUT2D eigenvalue weighted by Crippen LogP contribution is 2.20. The highest BCUT2D eigenvalue weighted by Gasteiger charge is 2.37. The minimum Gasteiger partial charge on any atom is -0.481 e. The number of likely N-dealkylation sites (tertiary alicyclic amines) is 1. The second-order valence-corrected chi connectivity index (χ2v) is 7.07. The number of ether oxygens (including phenoxy) is 1. The fraction of sp³-hybridized carbons (Fsp3) is 0.867. The van der Waals surface area contributed by atoms with Crippen molar-refractivity contribution in [3.8, 4) is 0 Å². The molecule has 6 nitrogen and oxygen atoms in total. The van der Waals surface area contributed by atoms with Crippen LogP contribution < -0.4 is 5.32 Å². The van der Waals surface area contributed by atoms with Crippen LogP contribution >= 0.6 is 0 Å². The van der Waals surface area contributed by atoms with Crippen LogP contribution in [-0.2, 0) is 9.53 Å². The molecule has 1 aliphatic rings. The van der Waals surface area contributed by atoms with Crippen LogP contribution in [0.3, 0.4) is 0 Å². The molecule has 2 N–H and O–H groups in total. The molecule has 1 rings (SSSR count). The molecule has 0 radical (unpaired) electrons. The van der Waals surface area contributed by atoms with Gasteiger partial charge in [0.05, 0.1) is 5.92 Å². The first-order valence-corrected chi connectivity index (χ1v) is 7.54. The molecule has 2 unspecified atom stereocenters. The molecule has 1 saturated heterocycles. The Hall–Kier alpha value is -1.30. The molecule has 0 bridgehead atoms. The Morgan fingerprint density at radius 3 is 2.48 bits per heavy atom. The summed E-state index contributed by atoms with van der Waals surface area (Å²) in [6.07, 6.45) is 0.194. The predicted octanol–water partition coefficient (Wildman–Crippen LogP) is 1.94. The van der Waals surface area contributed by atoms with Crippen LogP contribution in [0.5, 0.6) is 0 Å². The van der Waals surface area contributed by atoms with Crippen molar-refractivity contribution >= 4 is 12.1 Å². The molecule has 0 aliphatic carbocycles. The third-order valence-corrected chi connectivity index (χ3v) is 3.37. The van der Waals surface area contributed by atoms with E-state index in [1.807, 2.05) is 0 Å². The van der Waals surface area contributed by atoms with Crippen molar-refractivity contribution in [2.75, 3.05) is 19.6 Å². The highest BCUT2D eigenvalue weighted by atomic mass is 16.6. The molecule has 1 fully saturated rings. The summed E-state index contributed by atoms with van der Waals surface area (Å²) in [4.78, 5) is 25.0. The Balaban J connectivity index is 2.64. The van der Waals surface area contributed by atoms with Gasteiger partial charge in [0.15, 0.2) is 0 Å². The van der Waals surface area contributed by atoms with Crippen LogP contribution in [0, 0.1) is 11.8 Å². The van der Waals surface area contributed by atoms with Gasteiger partial charge in [-0.25, -0.2) is 4.79 Å². The third kappa shape index (κ3) is 5.91. The van der Waals surface area contributed by atoms with Crippen LogP contribution in [0.25, 0.3) is 0 Å². The van der Waals surface area contributed by atoms with Gasteiger partial charge in [-0.2, -0.15) is 0 Å². The van der Waals surface area contributed by atoms with Crippen molar-refractivity contribution in [2.45, 2.75) is 52.7 Å². The van der Waals surface area contributed by atoms with Gasteiger partial charge in [0.2, 0.25) is 0 Å². The molecule has 1 heterocycles. The van der Waals surface area contributed by atoms with Gasteiger partial charge in [0.1, 0.15) is 5.60 Å². The lowest BCUT2D eigenvalue weighted by atomic mass is 9.92. The van der Waals surface area contributed by atoms with E-state index in [2.05, 4.69) is 19.2 Å². The van der Waals surface area contributed by atoms with Crippen LogP contribution in [0.2, 0.25) is 0 Å². The Labute approximate surface area is 126 Å². The van der Waals surface area contributed by atoms with E-state index in [-0.39, 0.29) is 12.6 Å². The lowest BCUT2D eigenvalue weighted by Crippen LogP contribution is -2.54. The van der Waals surface area contributed by atoms with Gasteiger partial charge in [-0.05, 0) is 39.7 Å². The maximum Gasteiger partial charge on any atom is 0.410 e. The first-order chi connectivity index (χ1) is 9.60. The lowest BCUT2D eigenvalue weighted by Gasteiger charge is -2.37. The van der Waals surface area contributed by atoms with Gasteiger partial charge in [0.25, 0.3) is 0 Å². The van der Waals surface area contributed by atoms with Crippen molar-refractivity contribution in [1.29, 1.82) is 0 Å². The van der Waals surface area contributed by atoms with Gasteiger partial charge >= 0.3 is 12.1 Å². The van der Waals surface area contributed by atoms with Gasteiger partial charge < -0.3 is 20.1 Å². The molecule has 122 valence electrons. The number of carboxylic acid groups (broad SMARTS) is 1. The normalized spacial score (nSPS) is 23.2. The zero-order chi connectivity index (χ0) is 16.2. The number of nitrogens with one attached hydrogen (secondary N) is 1. The van der Waals surface area contributed by atoms with Gasteiger partial charge in [0, 0.05) is 19.1 Å². The number of hydrogen-bond acceptors (Lipinski definition) is 4. The molecule has 0 aromatic rings. The van der Waals surface area contributed by atoms with E-state index in [9.17, 15) is 14.7 Å². The summed E-state index contributed by atoms with van der Waals surface area (Å²) in [5.41, 5.74) is -0.567. The van der Waals surface area contributed by atoms with E-state index in [1.54, 1.807) is 20.8 Å². The van der Waals surface area contributed by atoms with Gasteiger partial charge in [-0.1, -0.05) is 13.8 Å². The summed E-state index contributed by atoms with van der Waals surface area (Å²) in [7, 11) is 0. The highest BCUT2D eigenvalue weighted by molar-refractivity contribution is 5.74. The zero-order valence-corrected chi connectivity index (χ0v) is 13.7. The third-order valence-electron chi connectivity index (χ3n) is 3.37. The lowest BCUT2D eigenvalue weighted by molar-refractivity contribution is -0.144. The maximum atomic E-state index is 12.0. The first kappa shape index (κ1) is 17.8. The smallest absolute Gasteiger partial charge is 0.410 e. The van der Waals surface area contributed by atoms with E-state index < -0.39 is 23.6 Å². The molecule has 21 heavy (non-hydrogen) atoms. The molecular weight excluding hydrogens is 272 g/mol. The molecule has 0 saturated carbocycles. The predicted molar refractivity (Wildman–Crippen MR) is 80.2 cm³/mol. The van der Waals surface area contributed by atoms with E-state index in [4.69, 9.17) is 4.74 Å². The minimum atomic E-state index is -0.871. The van der Waals surface area contributed by atoms with Crippen LogP contribution in [0.1, 0.15) is 41.0 Å². The largest absolute Gasteiger partial charge is 0.481 e. The number of hydrogen-bond donors (Lipinski definition) is 2. The number of amides is 1. The number of nitrogens with zero attached hydrogens (tertiary/aromatic N) is 1. The van der Waals surface area contributed by atoms with Gasteiger partial charge in [-0.15, -0.1) is 0 Å². The average molecular weight is 300 g/mol. The fourth-order valence-corrected chi connectivity index (χ4v) is 2.33. The van der Waals surface area contributed by atoms with E-state index >= 15 is 0 Å². The molecule has 0 aromatic carbocycles. The average Bonchev–Trinajstić information content (AvgIpc) is 2.33. The number of piperidine rings is 1. The summed E-state index contributed by atoms with van der Waals surface area (Å²) in [6.45, 7) is 11.1. The molecule has 2 atom stereocenters. The van der Waals surface area contributed by atoms with E-state index in [1.165, 1.54) is 4.90 Å². The molecule has 0 aromatic heterocycles. The molecule has 6 heteroatoms. The summed E-state index contributed by atoms with van der Waals surface area (Å²) in [5.74, 6) is -1.00. The van der Waals surface area contributed by atoms with Crippen molar-refractivity contribution in [3.63, 3.8) is 0 Å². The van der Waals surface area contributed by atoms with Crippen LogP contribution in [0.4, 0.5) is 4.79 Å². The number of rotatable bonds is 4. The Morgan fingerprint density at radius 1 is 1.38 bits per heavy atom. The van der Waals surface area contributed by atoms with Gasteiger partial charge in [-0.3, -0.25) is 4.79 Å². The SMILES string of the molecule is CC(C)CNC1CCN(C(=O)OC(C)(C)C)CC1C(=O)O. The van der Waals surface area contributed by atoms with Crippen molar-refractivity contribution < 1.29 is 19.4 Å². The maximum absolute atomic E-state index is 12.0. The zero-order valence-electron chi connectivity index (χ0n) is 13.7. The number of carboxylic acids is 1. The topological polar surface area (TPSA) is 78.9 Å². The monoisotopic (exact) mass is 300 g/mol. The molecular formula is C15H28N2O4. The Kier molecular flexibility index (Phi) is 6.01. The number of aliphatic carboxylic acids is 1.